The molecule has 0 N–H and O–H groups in total. The summed E-state index contributed by atoms with van der Waals surface area (Å²) in [4.78, 5) is 27.5. The number of fused-ring (bicyclic) bond motifs is 2. The predicted octanol–water partition coefficient (Wildman–Crippen LogP) is 6.77. The molecule has 0 heterocycles. The molecule has 6 nitrogen and oxygen atoms in total. The van der Waals surface area contributed by atoms with Crippen LogP contribution >= 0.6 is 0 Å². The molecule has 8 atom stereocenters. The van der Waals surface area contributed by atoms with E-state index in [1.807, 2.05) is 0 Å². The van der Waals surface area contributed by atoms with E-state index in [1.165, 1.54) is 24.3 Å². The zero-order chi connectivity index (χ0) is 35.0. The van der Waals surface area contributed by atoms with E-state index in [0.717, 1.165) is 12.1 Å². The molecule has 0 aliphatic heterocycles. The van der Waals surface area contributed by atoms with Crippen molar-refractivity contribution >= 4 is 11.6 Å². The van der Waals surface area contributed by atoms with Gasteiger partial charge in [0.15, 0.2) is 0 Å². The lowest BCUT2D eigenvalue weighted by atomic mass is 9.60. The first-order valence-electron chi connectivity index (χ1n) is 13.6. The summed E-state index contributed by atoms with van der Waals surface area (Å²) in [6, 6.07) is 9.27. The minimum absolute atomic E-state index is 0.321. The molecule has 3 aliphatic rings. The van der Waals surface area contributed by atoms with Crippen LogP contribution < -0.4 is 0 Å². The van der Waals surface area contributed by atoms with E-state index >= 15 is 4.39 Å². The van der Waals surface area contributed by atoms with E-state index < -0.39 is 123 Å². The molecule has 3 fully saturated rings. The Morgan fingerprint density at radius 3 is 1.23 bits per heavy atom. The fraction of sp³-hybridized carbons (Fsp3) is 0.419. The maximum Gasteiger partial charge on any atom is 0.417 e. The number of hydrogen-bond acceptors (Lipinski definition) is 6. The number of ketones is 2. The molecule has 242 valence electrons. The van der Waals surface area contributed by atoms with Crippen LogP contribution in [0.1, 0.15) is 45.2 Å². The molecule has 2 aromatic rings. The lowest BCUT2D eigenvalue weighted by molar-refractivity contribution is -0.227. The summed E-state index contributed by atoms with van der Waals surface area (Å²) in [5.41, 5.74) is -6.12. The van der Waals surface area contributed by atoms with E-state index in [9.17, 15) is 59.6 Å². The van der Waals surface area contributed by atoms with Gasteiger partial charge in [-0.05, 0) is 35.4 Å². The number of halogens is 10. The largest absolute Gasteiger partial charge is 0.417 e. The fourth-order valence-electron chi connectivity index (χ4n) is 7.79. The number of nitrogens with zero attached hydrogens (tertiary/aromatic N) is 4. The van der Waals surface area contributed by atoms with Crippen LogP contribution in [-0.4, -0.2) is 23.9 Å². The van der Waals surface area contributed by atoms with Crippen LogP contribution in [0.5, 0.6) is 0 Å². The lowest BCUT2D eigenvalue weighted by Gasteiger charge is -2.44. The molecular formula is C31H16F10N4O2. The van der Waals surface area contributed by atoms with Crippen molar-refractivity contribution in [1.82, 2.24) is 0 Å². The van der Waals surface area contributed by atoms with Crippen molar-refractivity contribution in [2.75, 3.05) is 0 Å². The Labute approximate surface area is 258 Å². The van der Waals surface area contributed by atoms with Gasteiger partial charge in [-0.2, -0.15) is 60.6 Å². The number of carbonyl (C=O) groups is 2. The van der Waals surface area contributed by atoms with Crippen LogP contribution in [0.15, 0.2) is 36.4 Å². The van der Waals surface area contributed by atoms with Crippen molar-refractivity contribution in [2.24, 2.45) is 41.4 Å². The van der Waals surface area contributed by atoms with Gasteiger partial charge in [0.2, 0.25) is 0 Å². The standard InChI is InChI=1S/C31H16F10N4O2/c32-26-21-15(9-44)19(11-1-3-13(7-42)17(5-11)29(33,34)35)27(46)23(21)25(31(39,40)41)24-22(26)16(10-45)20(28(24)47)12-2-4-14(8-43)18(6-12)30(36,37)38/h1-6,15-16,19-26H. The maximum absolute atomic E-state index is 16.6. The second kappa shape index (κ2) is 11.1. The summed E-state index contributed by atoms with van der Waals surface area (Å²) in [6.07, 6.45) is -18.5. The Hall–Kier alpha value is -4.96. The van der Waals surface area contributed by atoms with Gasteiger partial charge in [-0.3, -0.25) is 9.59 Å². The summed E-state index contributed by atoms with van der Waals surface area (Å²) in [6.45, 7) is 0. The van der Waals surface area contributed by atoms with Gasteiger partial charge in [0.1, 0.15) is 17.7 Å². The number of Topliss-reactive ketones (excluding diaryl/α,β-unsaturated/α-hetero) is 2. The molecule has 16 heteroatoms. The highest BCUT2D eigenvalue weighted by molar-refractivity contribution is 5.96. The summed E-state index contributed by atoms with van der Waals surface area (Å²) < 4.78 is 143. The highest BCUT2D eigenvalue weighted by Crippen LogP contribution is 2.65. The lowest BCUT2D eigenvalue weighted by Crippen LogP contribution is -2.54. The van der Waals surface area contributed by atoms with Crippen LogP contribution in [0.2, 0.25) is 0 Å². The van der Waals surface area contributed by atoms with E-state index in [4.69, 9.17) is 10.5 Å². The fourth-order valence-corrected chi connectivity index (χ4v) is 7.79. The van der Waals surface area contributed by atoms with E-state index in [0.29, 0.717) is 24.3 Å². The van der Waals surface area contributed by atoms with Crippen molar-refractivity contribution < 1.29 is 53.5 Å². The molecule has 3 saturated carbocycles. The third kappa shape index (κ3) is 5.07. The van der Waals surface area contributed by atoms with Gasteiger partial charge in [-0.15, -0.1) is 0 Å². The molecule has 47 heavy (non-hydrogen) atoms. The topological polar surface area (TPSA) is 129 Å². The Bertz CT molecular complexity index is 1710. The summed E-state index contributed by atoms with van der Waals surface area (Å²) in [5, 5.41) is 38.2. The van der Waals surface area contributed by atoms with E-state index in [1.54, 1.807) is 0 Å². The molecule has 5 rings (SSSR count). The Balaban J connectivity index is 1.67. The molecule has 0 bridgehead atoms. The summed E-state index contributed by atoms with van der Waals surface area (Å²) in [5.74, 6) is -23.4. The zero-order valence-electron chi connectivity index (χ0n) is 23.1. The second-order valence-corrected chi connectivity index (χ2v) is 11.6. The van der Waals surface area contributed by atoms with E-state index in [-0.39, 0.29) is 0 Å². The Morgan fingerprint density at radius 2 is 0.957 bits per heavy atom. The molecule has 0 saturated heterocycles. The molecule has 0 amide bonds. The molecule has 0 radical (unpaired) electrons. The summed E-state index contributed by atoms with van der Waals surface area (Å²) in [7, 11) is 0. The number of benzene rings is 2. The number of rotatable bonds is 2. The Morgan fingerprint density at radius 1 is 0.596 bits per heavy atom. The van der Waals surface area contributed by atoms with Gasteiger partial charge in [0, 0.05) is 23.7 Å². The normalized spacial score (nSPS) is 32.0. The first-order chi connectivity index (χ1) is 21.8. The minimum Gasteiger partial charge on any atom is -0.299 e. The van der Waals surface area contributed by atoms with Crippen molar-refractivity contribution in [1.29, 1.82) is 21.0 Å². The first kappa shape index (κ1) is 33.4. The average Bonchev–Trinajstić information content (AvgIpc) is 3.46. The molecule has 0 spiro atoms. The number of carbonyl (C=O) groups excluding carboxylic acids is 2. The maximum atomic E-state index is 16.6. The SMILES string of the molecule is N#Cc1ccc(C2C(=O)C3C(C(F)C4C(C#N)C(c5ccc(C#N)c(C(F)(F)F)c5)C(=O)C4C3C(F)(F)F)C2C#N)cc1C(F)(F)F. The minimum atomic E-state index is -5.48. The smallest absolute Gasteiger partial charge is 0.299 e. The third-order valence-corrected chi connectivity index (χ3v) is 9.49. The summed E-state index contributed by atoms with van der Waals surface area (Å²) >= 11 is 0. The monoisotopic (exact) mass is 666 g/mol. The third-order valence-electron chi connectivity index (χ3n) is 9.49. The molecule has 8 unspecified atom stereocenters. The molecule has 0 aromatic heterocycles. The van der Waals surface area contributed by atoms with Crippen molar-refractivity contribution in [2.45, 2.75) is 36.5 Å². The average molecular weight is 666 g/mol. The highest BCUT2D eigenvalue weighted by atomic mass is 19.4. The van der Waals surface area contributed by atoms with Gasteiger partial charge in [-0.1, -0.05) is 12.1 Å². The highest BCUT2D eigenvalue weighted by Gasteiger charge is 2.73. The zero-order valence-corrected chi connectivity index (χ0v) is 23.1. The van der Waals surface area contributed by atoms with Crippen LogP contribution in [0, 0.1) is 86.7 Å². The van der Waals surface area contributed by atoms with Crippen molar-refractivity contribution in [3.8, 4) is 24.3 Å². The molecular weight excluding hydrogens is 650 g/mol. The van der Waals surface area contributed by atoms with Gasteiger partial charge in [-0.25, -0.2) is 4.39 Å². The van der Waals surface area contributed by atoms with Crippen LogP contribution in [0.25, 0.3) is 0 Å². The number of alkyl halides is 10. The van der Waals surface area contributed by atoms with Crippen LogP contribution in [-0.2, 0) is 21.9 Å². The molecule has 2 aromatic carbocycles. The second-order valence-electron chi connectivity index (χ2n) is 11.6. The van der Waals surface area contributed by atoms with Gasteiger partial charge in [0.05, 0.1) is 76.1 Å². The first-order valence-corrected chi connectivity index (χ1v) is 13.6. The number of nitriles is 4. The quantitative estimate of drug-likeness (QED) is 0.325. The predicted molar refractivity (Wildman–Crippen MR) is 134 cm³/mol. The van der Waals surface area contributed by atoms with Gasteiger partial charge < -0.3 is 0 Å². The number of hydrogen-bond donors (Lipinski definition) is 0. The van der Waals surface area contributed by atoms with Gasteiger partial charge >= 0.3 is 18.5 Å². The Kier molecular flexibility index (Phi) is 7.88. The van der Waals surface area contributed by atoms with Gasteiger partial charge in [0.25, 0.3) is 0 Å². The van der Waals surface area contributed by atoms with Crippen molar-refractivity contribution in [3.63, 3.8) is 0 Å². The van der Waals surface area contributed by atoms with Crippen molar-refractivity contribution in [3.05, 3.63) is 69.8 Å². The van der Waals surface area contributed by atoms with Crippen LogP contribution in [0.4, 0.5) is 43.9 Å². The molecule has 3 aliphatic carbocycles. The van der Waals surface area contributed by atoms with E-state index in [2.05, 4.69) is 0 Å². The van der Waals surface area contributed by atoms with Crippen LogP contribution in [0.3, 0.4) is 0 Å².